The van der Waals surface area contributed by atoms with Crippen molar-refractivity contribution in [1.82, 2.24) is 40.2 Å². The standard InChI is InChI=1S/C34H34N8O11S3/c43-13-11-41(12-14-44)56(52,53)22-7-3-18(4-8-22)24-10-9-23(29(46)36-24)30(47)37-26(19-1-5-21(45)6-2-19)31(48)38-27-32(49)42-28(34(50)51)20(17-55-33(27)42)16-54-25-15-35-40-39-25/h1-10,15,26-27,33,43-45H,11-14,16-17H2,(H,36,46)(H,37,47)(H,38,48)(H,50,51)(H,35,39,40)/t26?,27?,33-/m0/s1. The Morgan fingerprint density at radius 1 is 1.02 bits per heavy atom. The van der Waals surface area contributed by atoms with E-state index >= 15 is 0 Å². The molecule has 3 atom stereocenters. The quantitative estimate of drug-likeness (QED) is 0.0538. The van der Waals surface area contributed by atoms with Gasteiger partial charge in [-0.2, -0.15) is 14.6 Å². The zero-order chi connectivity index (χ0) is 40.1. The Balaban J connectivity index is 1.17. The number of hydrogen-bond donors (Lipinski definition) is 8. The average Bonchev–Trinajstić information content (AvgIpc) is 3.72. The number of carboxylic acid groups (broad SMARTS) is 1. The third-order valence-corrected chi connectivity index (χ3v) is 13.0. The molecule has 8 N–H and O–H groups in total. The lowest BCUT2D eigenvalue weighted by Crippen LogP contribution is -2.71. The number of carboxylic acids is 1. The second-order valence-electron chi connectivity index (χ2n) is 12.2. The monoisotopic (exact) mass is 826 g/mol. The number of aromatic hydroxyl groups is 1. The van der Waals surface area contributed by atoms with Crippen LogP contribution in [-0.2, 0) is 24.4 Å². The maximum absolute atomic E-state index is 13.8. The first-order valence-corrected chi connectivity index (χ1v) is 20.2. The van der Waals surface area contributed by atoms with Crippen LogP contribution < -0.4 is 16.2 Å². The molecular weight excluding hydrogens is 793 g/mol. The summed E-state index contributed by atoms with van der Waals surface area (Å²) in [5.74, 6) is -3.41. The molecule has 2 aliphatic heterocycles. The fraction of sp³-hybridized carbons (Fsp3) is 0.265. The summed E-state index contributed by atoms with van der Waals surface area (Å²) in [4.78, 5) is 69.7. The van der Waals surface area contributed by atoms with Crippen LogP contribution >= 0.6 is 23.5 Å². The van der Waals surface area contributed by atoms with E-state index in [1.165, 1.54) is 90.4 Å². The van der Waals surface area contributed by atoms with Crippen molar-refractivity contribution < 1.29 is 48.0 Å². The van der Waals surface area contributed by atoms with Crippen molar-refractivity contribution in [3.63, 3.8) is 0 Å². The number of aromatic nitrogens is 4. The van der Waals surface area contributed by atoms with Gasteiger partial charge in [0.1, 0.15) is 39.5 Å². The Hall–Kier alpha value is -5.52. The van der Waals surface area contributed by atoms with Crippen LogP contribution in [0.3, 0.4) is 0 Å². The first-order valence-electron chi connectivity index (χ1n) is 16.7. The number of H-pyrrole nitrogens is 2. The van der Waals surface area contributed by atoms with Gasteiger partial charge in [0, 0.05) is 30.3 Å². The molecule has 0 aliphatic carbocycles. The highest BCUT2D eigenvalue weighted by Gasteiger charge is 2.54. The number of sulfonamides is 1. The molecule has 294 valence electrons. The molecule has 1 saturated heterocycles. The van der Waals surface area contributed by atoms with Crippen molar-refractivity contribution >= 4 is 57.2 Å². The minimum atomic E-state index is -4.04. The zero-order valence-corrected chi connectivity index (χ0v) is 31.4. The predicted octanol–water partition coefficient (Wildman–Crippen LogP) is -0.157. The minimum absolute atomic E-state index is 0.111. The van der Waals surface area contributed by atoms with Crippen molar-refractivity contribution in [2.24, 2.45) is 0 Å². The highest BCUT2D eigenvalue weighted by Crippen LogP contribution is 2.41. The van der Waals surface area contributed by atoms with Crippen molar-refractivity contribution in [3.05, 3.63) is 99.6 Å². The molecule has 3 amide bonds. The first kappa shape index (κ1) is 40.2. The van der Waals surface area contributed by atoms with E-state index in [1.807, 2.05) is 0 Å². The summed E-state index contributed by atoms with van der Waals surface area (Å²) in [6.07, 6.45) is 1.48. The molecule has 2 unspecified atom stereocenters. The fourth-order valence-electron chi connectivity index (χ4n) is 5.98. The Kier molecular flexibility index (Phi) is 12.3. The molecule has 22 heteroatoms. The molecule has 0 spiro atoms. The number of aliphatic hydroxyl groups is 2. The van der Waals surface area contributed by atoms with E-state index in [0.717, 1.165) is 9.21 Å². The maximum Gasteiger partial charge on any atom is 0.352 e. The van der Waals surface area contributed by atoms with Gasteiger partial charge in [0.05, 0.1) is 24.3 Å². The largest absolute Gasteiger partial charge is 0.508 e. The number of benzene rings is 2. The normalized spacial score (nSPS) is 17.3. The number of fused-ring (bicyclic) bond motifs is 1. The van der Waals surface area contributed by atoms with Gasteiger partial charge in [0.2, 0.25) is 15.9 Å². The van der Waals surface area contributed by atoms with E-state index in [-0.39, 0.29) is 57.8 Å². The molecule has 0 bridgehead atoms. The molecule has 2 aromatic carbocycles. The predicted molar refractivity (Wildman–Crippen MR) is 201 cm³/mol. The van der Waals surface area contributed by atoms with Gasteiger partial charge in [-0.25, -0.2) is 13.2 Å². The molecule has 56 heavy (non-hydrogen) atoms. The summed E-state index contributed by atoms with van der Waals surface area (Å²) in [7, 11) is -4.04. The van der Waals surface area contributed by atoms with Gasteiger partial charge in [0.25, 0.3) is 17.4 Å². The van der Waals surface area contributed by atoms with E-state index in [0.29, 0.717) is 16.2 Å². The van der Waals surface area contributed by atoms with Crippen LogP contribution in [0, 0.1) is 0 Å². The molecule has 2 aliphatic rings. The molecule has 4 aromatic rings. The molecule has 4 heterocycles. The third-order valence-electron chi connectivity index (χ3n) is 8.75. The van der Waals surface area contributed by atoms with E-state index in [4.69, 9.17) is 0 Å². The Labute approximate surface area is 326 Å². The number of pyridine rings is 1. The van der Waals surface area contributed by atoms with Crippen LogP contribution in [-0.4, -0.2) is 131 Å². The summed E-state index contributed by atoms with van der Waals surface area (Å²) in [5, 5.41) is 53.4. The van der Waals surface area contributed by atoms with Crippen molar-refractivity contribution in [1.29, 1.82) is 0 Å². The van der Waals surface area contributed by atoms with Gasteiger partial charge < -0.3 is 36.0 Å². The van der Waals surface area contributed by atoms with Crippen LogP contribution in [0.25, 0.3) is 11.3 Å². The number of aromatic amines is 2. The molecule has 1 fully saturated rings. The fourth-order valence-corrected chi connectivity index (χ4v) is 9.67. The number of β-lactam (4-membered cyclic amide) rings is 1. The van der Waals surface area contributed by atoms with Crippen LogP contribution in [0.2, 0.25) is 0 Å². The molecule has 0 radical (unpaired) electrons. The van der Waals surface area contributed by atoms with Gasteiger partial charge in [-0.15, -0.1) is 16.9 Å². The number of aliphatic hydroxyl groups excluding tert-OH is 2. The van der Waals surface area contributed by atoms with Crippen LogP contribution in [0.5, 0.6) is 5.75 Å². The van der Waals surface area contributed by atoms with Crippen molar-refractivity contribution in [2.45, 2.75) is 27.4 Å². The number of nitrogens with one attached hydrogen (secondary N) is 4. The molecule has 0 saturated carbocycles. The summed E-state index contributed by atoms with van der Waals surface area (Å²) in [6.45, 7) is -1.33. The number of aliphatic carboxylic acids is 1. The lowest BCUT2D eigenvalue weighted by atomic mass is 10.0. The van der Waals surface area contributed by atoms with E-state index in [9.17, 15) is 52.8 Å². The number of amides is 3. The smallest absolute Gasteiger partial charge is 0.352 e. The summed E-state index contributed by atoms with van der Waals surface area (Å²) < 4.78 is 26.9. The van der Waals surface area contributed by atoms with Gasteiger partial charge >= 0.3 is 5.97 Å². The molecular formula is C34H34N8O11S3. The van der Waals surface area contributed by atoms with E-state index in [1.54, 1.807) is 0 Å². The first-order chi connectivity index (χ1) is 26.8. The number of rotatable bonds is 16. The zero-order valence-electron chi connectivity index (χ0n) is 29.0. The number of carbonyl (C=O) groups excluding carboxylic acids is 3. The van der Waals surface area contributed by atoms with Crippen LogP contribution in [0.4, 0.5) is 0 Å². The highest BCUT2D eigenvalue weighted by molar-refractivity contribution is 8.01. The second kappa shape index (κ2) is 17.1. The highest BCUT2D eigenvalue weighted by atomic mass is 32.2. The molecule has 19 nitrogen and oxygen atoms in total. The van der Waals surface area contributed by atoms with Crippen LogP contribution in [0.1, 0.15) is 22.0 Å². The van der Waals surface area contributed by atoms with Gasteiger partial charge in [-0.05, 0) is 53.1 Å². The number of carbonyl (C=O) groups is 4. The van der Waals surface area contributed by atoms with Crippen molar-refractivity contribution in [3.8, 4) is 17.0 Å². The summed E-state index contributed by atoms with van der Waals surface area (Å²) >= 11 is 2.50. The number of hydrogen-bond acceptors (Lipinski definition) is 14. The molecule has 2 aromatic heterocycles. The SMILES string of the molecule is O=C(O)C1=C(CSc2cn[nH]n2)CS[C@H]2C(NC(=O)C(NC(=O)c3ccc(-c4ccc(S(=O)(=O)N(CCO)CCO)cc4)[nH]c3=O)c3ccc(O)cc3)C(=O)N12. The lowest BCUT2D eigenvalue weighted by Gasteiger charge is -2.49. The summed E-state index contributed by atoms with van der Waals surface area (Å²) in [5.41, 5.74) is -0.0891. The second-order valence-corrected chi connectivity index (χ2v) is 16.3. The topological polar surface area (TPSA) is 288 Å². The number of nitrogens with zero attached hydrogens (tertiary/aromatic N) is 4. The number of thioether (sulfide) groups is 2. The van der Waals surface area contributed by atoms with Gasteiger partial charge in [0.15, 0.2) is 0 Å². The molecule has 6 rings (SSSR count). The van der Waals surface area contributed by atoms with E-state index < -0.39 is 69.9 Å². The number of phenolic OH excluding ortho intramolecular Hbond substituents is 1. The average molecular weight is 827 g/mol. The minimum Gasteiger partial charge on any atom is -0.508 e. The van der Waals surface area contributed by atoms with Gasteiger partial charge in [-0.3, -0.25) is 24.1 Å². The van der Waals surface area contributed by atoms with Gasteiger partial charge in [-0.1, -0.05) is 36.0 Å². The Morgan fingerprint density at radius 3 is 2.32 bits per heavy atom. The third kappa shape index (κ3) is 8.34. The summed E-state index contributed by atoms with van der Waals surface area (Å²) in [6, 6.07) is 10.8. The Morgan fingerprint density at radius 2 is 1.71 bits per heavy atom. The van der Waals surface area contributed by atoms with E-state index in [2.05, 4.69) is 31.0 Å². The number of phenols is 1. The lowest BCUT2D eigenvalue weighted by molar-refractivity contribution is -0.151. The Bertz CT molecular complexity index is 2310. The van der Waals surface area contributed by atoms with Crippen LogP contribution in [0.15, 0.2) is 92.8 Å². The maximum atomic E-state index is 13.8. The van der Waals surface area contributed by atoms with Crippen molar-refractivity contribution in [2.75, 3.05) is 37.8 Å².